The first-order valence-electron chi connectivity index (χ1n) is 5.74. The SMILES string of the molecule is CNC(C)CCC=C(C)C.O=C(O)/C=C/C(=O)O. The number of allylic oxidation sites excluding steroid dienone is 2. The molecule has 0 saturated carbocycles. The van der Waals surface area contributed by atoms with Gasteiger partial charge in [-0.3, -0.25) is 0 Å². The number of hydrogen-bond donors (Lipinski definition) is 3. The Morgan fingerprint density at radius 1 is 1.17 bits per heavy atom. The average Bonchev–Trinajstić information content (AvgIpc) is 2.26. The van der Waals surface area contributed by atoms with Crippen LogP contribution in [0.2, 0.25) is 0 Å². The van der Waals surface area contributed by atoms with Crippen LogP contribution in [-0.4, -0.2) is 35.2 Å². The van der Waals surface area contributed by atoms with Crippen LogP contribution in [0.1, 0.15) is 33.6 Å². The molecule has 0 aromatic carbocycles. The van der Waals surface area contributed by atoms with Gasteiger partial charge in [0.25, 0.3) is 0 Å². The lowest BCUT2D eigenvalue weighted by Gasteiger charge is -2.06. The summed E-state index contributed by atoms with van der Waals surface area (Å²) in [4.78, 5) is 19.1. The topological polar surface area (TPSA) is 86.6 Å². The second-order valence-electron chi connectivity index (χ2n) is 4.06. The lowest BCUT2D eigenvalue weighted by Crippen LogP contribution is -2.20. The van der Waals surface area contributed by atoms with E-state index in [9.17, 15) is 9.59 Å². The molecule has 0 fully saturated rings. The largest absolute Gasteiger partial charge is 0.478 e. The second-order valence-corrected chi connectivity index (χ2v) is 4.06. The molecule has 0 aromatic rings. The first-order chi connectivity index (χ1) is 8.29. The molecule has 0 spiro atoms. The smallest absolute Gasteiger partial charge is 0.328 e. The summed E-state index contributed by atoms with van der Waals surface area (Å²) in [6.07, 6.45) is 5.84. The molecule has 1 unspecified atom stereocenters. The van der Waals surface area contributed by atoms with Gasteiger partial charge in [-0.1, -0.05) is 11.6 Å². The highest BCUT2D eigenvalue weighted by Crippen LogP contribution is 1.99. The zero-order valence-corrected chi connectivity index (χ0v) is 11.4. The number of carbonyl (C=O) groups is 2. The van der Waals surface area contributed by atoms with E-state index in [0.29, 0.717) is 18.2 Å². The molecule has 1 atom stereocenters. The van der Waals surface area contributed by atoms with Gasteiger partial charge in [-0.15, -0.1) is 0 Å². The molecule has 0 aliphatic heterocycles. The summed E-state index contributed by atoms with van der Waals surface area (Å²) >= 11 is 0. The number of hydrogen-bond acceptors (Lipinski definition) is 3. The van der Waals surface area contributed by atoms with Gasteiger partial charge in [0.1, 0.15) is 0 Å². The van der Waals surface area contributed by atoms with Crippen LogP contribution in [-0.2, 0) is 9.59 Å². The fourth-order valence-electron chi connectivity index (χ4n) is 0.909. The number of rotatable bonds is 6. The zero-order chi connectivity index (χ0) is 14.6. The van der Waals surface area contributed by atoms with Crippen molar-refractivity contribution in [3.63, 3.8) is 0 Å². The molecular formula is C13H23NO4. The Balaban J connectivity index is 0. The Kier molecular flexibility index (Phi) is 12.3. The van der Waals surface area contributed by atoms with E-state index in [1.165, 1.54) is 18.4 Å². The molecule has 0 heterocycles. The molecule has 0 bridgehead atoms. The van der Waals surface area contributed by atoms with Gasteiger partial charge in [0.2, 0.25) is 0 Å². The van der Waals surface area contributed by atoms with Gasteiger partial charge < -0.3 is 15.5 Å². The van der Waals surface area contributed by atoms with Crippen LogP contribution in [0.15, 0.2) is 23.8 Å². The molecule has 0 amide bonds. The normalized spacial score (nSPS) is 11.3. The molecule has 5 nitrogen and oxygen atoms in total. The summed E-state index contributed by atoms with van der Waals surface area (Å²) in [5, 5.41) is 18.8. The van der Waals surface area contributed by atoms with Crippen molar-refractivity contribution in [1.82, 2.24) is 5.32 Å². The Labute approximate surface area is 108 Å². The number of carboxylic acids is 2. The lowest BCUT2D eigenvalue weighted by molar-refractivity contribution is -0.134. The minimum Gasteiger partial charge on any atom is -0.478 e. The van der Waals surface area contributed by atoms with Crippen LogP contribution >= 0.6 is 0 Å². The maximum absolute atomic E-state index is 9.55. The summed E-state index contributed by atoms with van der Waals surface area (Å²) in [5.41, 5.74) is 1.42. The van der Waals surface area contributed by atoms with E-state index in [2.05, 4.69) is 32.2 Å². The van der Waals surface area contributed by atoms with E-state index < -0.39 is 11.9 Å². The van der Waals surface area contributed by atoms with Crippen molar-refractivity contribution < 1.29 is 19.8 Å². The maximum atomic E-state index is 9.55. The predicted molar refractivity (Wildman–Crippen MR) is 71.6 cm³/mol. The van der Waals surface area contributed by atoms with Crippen molar-refractivity contribution in [2.75, 3.05) is 7.05 Å². The van der Waals surface area contributed by atoms with Crippen LogP contribution in [0, 0.1) is 0 Å². The van der Waals surface area contributed by atoms with Crippen molar-refractivity contribution >= 4 is 11.9 Å². The van der Waals surface area contributed by atoms with Gasteiger partial charge in [0, 0.05) is 18.2 Å². The second kappa shape index (κ2) is 11.9. The monoisotopic (exact) mass is 257 g/mol. The van der Waals surface area contributed by atoms with Gasteiger partial charge in [-0.05, 0) is 40.7 Å². The summed E-state index contributed by atoms with van der Waals surface area (Å²) in [6, 6.07) is 0.649. The highest BCUT2D eigenvalue weighted by atomic mass is 16.4. The maximum Gasteiger partial charge on any atom is 0.328 e. The molecule has 0 rings (SSSR count). The van der Waals surface area contributed by atoms with Gasteiger partial charge in [-0.25, -0.2) is 9.59 Å². The number of aliphatic carboxylic acids is 2. The standard InChI is InChI=1S/C9H19N.C4H4O4/c1-8(2)6-5-7-9(3)10-4;5-3(6)1-2-4(7)8/h6,9-10H,5,7H2,1-4H3;1-2H,(H,5,6)(H,7,8)/b;2-1+. The van der Waals surface area contributed by atoms with Crippen molar-refractivity contribution in [3.8, 4) is 0 Å². The molecule has 0 saturated heterocycles. The third kappa shape index (κ3) is 19.9. The Bertz CT molecular complexity index is 288. The van der Waals surface area contributed by atoms with Gasteiger partial charge in [-0.2, -0.15) is 0 Å². The number of carboxylic acid groups (broad SMARTS) is 2. The first kappa shape index (κ1) is 18.7. The Morgan fingerprint density at radius 3 is 1.89 bits per heavy atom. The molecule has 18 heavy (non-hydrogen) atoms. The van der Waals surface area contributed by atoms with E-state index in [1.807, 2.05) is 7.05 Å². The summed E-state index contributed by atoms with van der Waals surface area (Å²) in [6.45, 7) is 6.49. The van der Waals surface area contributed by atoms with Crippen LogP contribution in [0.3, 0.4) is 0 Å². The van der Waals surface area contributed by atoms with Crippen LogP contribution in [0.25, 0.3) is 0 Å². The Morgan fingerprint density at radius 2 is 1.61 bits per heavy atom. The third-order valence-electron chi connectivity index (χ3n) is 2.01. The summed E-state index contributed by atoms with van der Waals surface area (Å²) in [7, 11) is 2.01. The van der Waals surface area contributed by atoms with E-state index in [4.69, 9.17) is 10.2 Å². The molecule has 3 N–H and O–H groups in total. The molecular weight excluding hydrogens is 234 g/mol. The van der Waals surface area contributed by atoms with Gasteiger partial charge in [0.05, 0.1) is 0 Å². The number of nitrogens with one attached hydrogen (secondary N) is 1. The van der Waals surface area contributed by atoms with E-state index in [0.717, 1.165) is 0 Å². The fraction of sp³-hybridized carbons (Fsp3) is 0.538. The molecule has 0 aromatic heterocycles. The first-order valence-corrected chi connectivity index (χ1v) is 5.74. The third-order valence-corrected chi connectivity index (χ3v) is 2.01. The molecule has 0 aliphatic carbocycles. The minimum atomic E-state index is -1.26. The highest BCUT2D eigenvalue weighted by molar-refractivity contribution is 5.89. The van der Waals surface area contributed by atoms with Crippen molar-refractivity contribution in [3.05, 3.63) is 23.8 Å². The van der Waals surface area contributed by atoms with Gasteiger partial charge in [0.15, 0.2) is 0 Å². The summed E-state index contributed by atoms with van der Waals surface area (Å²) < 4.78 is 0. The molecule has 0 aliphatic rings. The molecule has 104 valence electrons. The average molecular weight is 257 g/mol. The van der Waals surface area contributed by atoms with Crippen LogP contribution in [0.5, 0.6) is 0 Å². The molecule has 0 radical (unpaired) electrons. The summed E-state index contributed by atoms with van der Waals surface area (Å²) in [5.74, 6) is -2.51. The lowest BCUT2D eigenvalue weighted by atomic mass is 10.1. The van der Waals surface area contributed by atoms with Crippen LogP contribution in [0.4, 0.5) is 0 Å². The van der Waals surface area contributed by atoms with E-state index in [-0.39, 0.29) is 0 Å². The van der Waals surface area contributed by atoms with Crippen molar-refractivity contribution in [2.24, 2.45) is 0 Å². The van der Waals surface area contributed by atoms with E-state index >= 15 is 0 Å². The highest BCUT2D eigenvalue weighted by Gasteiger charge is 1.93. The molecule has 5 heteroatoms. The predicted octanol–water partition coefficient (Wildman–Crippen LogP) is 2.05. The van der Waals surface area contributed by atoms with E-state index in [1.54, 1.807) is 0 Å². The van der Waals surface area contributed by atoms with Crippen molar-refractivity contribution in [2.45, 2.75) is 39.7 Å². The fourth-order valence-corrected chi connectivity index (χ4v) is 0.909. The Hall–Kier alpha value is -1.62. The van der Waals surface area contributed by atoms with Crippen LogP contribution < -0.4 is 5.32 Å². The quantitative estimate of drug-likeness (QED) is 0.501. The van der Waals surface area contributed by atoms with Gasteiger partial charge >= 0.3 is 11.9 Å². The minimum absolute atomic E-state index is 0.558. The zero-order valence-electron chi connectivity index (χ0n) is 11.4. The van der Waals surface area contributed by atoms with Crippen molar-refractivity contribution in [1.29, 1.82) is 0 Å².